The molecule has 3 aromatic rings. The normalized spacial score (nSPS) is 17.8. The summed E-state index contributed by atoms with van der Waals surface area (Å²) in [5, 5.41) is 15.1. The van der Waals surface area contributed by atoms with Crippen molar-refractivity contribution in [1.82, 2.24) is 5.32 Å². The maximum absolute atomic E-state index is 13.2. The summed E-state index contributed by atoms with van der Waals surface area (Å²) in [6.45, 7) is 3.95. The number of aromatic carboxylic acids is 1. The number of halogens is 3. The second-order valence-corrected chi connectivity index (χ2v) is 8.17. The summed E-state index contributed by atoms with van der Waals surface area (Å²) in [7, 11) is 0. The fourth-order valence-electron chi connectivity index (χ4n) is 4.28. The number of anilines is 1. The number of hydrogen-bond acceptors (Lipinski definition) is 4. The van der Waals surface area contributed by atoms with Crippen LogP contribution in [0.3, 0.4) is 0 Å². The largest absolute Gasteiger partial charge is 0.478 e. The molecular formula is C25H25F3N2O3. The molecule has 1 aliphatic rings. The van der Waals surface area contributed by atoms with Crippen molar-refractivity contribution in [3.8, 4) is 0 Å². The second kappa shape index (κ2) is 9.41. The molecule has 0 aliphatic carbocycles. The molecule has 1 saturated heterocycles. The third kappa shape index (κ3) is 5.12. The Hall–Kier alpha value is -3.10. The molecule has 0 spiro atoms. The zero-order chi connectivity index (χ0) is 23.6. The first kappa shape index (κ1) is 23.1. The Morgan fingerprint density at radius 3 is 2.70 bits per heavy atom. The number of carbonyl (C=O) groups is 1. The molecular weight excluding hydrogens is 433 g/mol. The van der Waals surface area contributed by atoms with Crippen LogP contribution in [0.2, 0.25) is 0 Å². The van der Waals surface area contributed by atoms with E-state index >= 15 is 0 Å². The molecule has 174 valence electrons. The molecule has 0 saturated carbocycles. The number of nitrogens with zero attached hydrogens (tertiary/aromatic N) is 1. The molecule has 33 heavy (non-hydrogen) atoms. The second-order valence-electron chi connectivity index (χ2n) is 8.17. The van der Waals surface area contributed by atoms with Crippen molar-refractivity contribution in [2.75, 3.05) is 31.1 Å². The molecule has 1 heterocycles. The summed E-state index contributed by atoms with van der Waals surface area (Å²) in [5.74, 6) is -1.60. The fraction of sp³-hybridized carbons (Fsp3) is 0.320. The standard InChI is InChI=1S/C25H25F3N2O3/c1-16(20-8-4-6-17-5-2-3-7-21(17)20)29-14-19-15-30(11-12-33-19)18-9-10-23(25(26,27)28)22(13-18)24(31)32/h2-10,13,16,19,29H,11-12,14-15H2,1H3,(H,31,32)/t16-,19?/m1/s1. The van der Waals surface area contributed by atoms with Crippen molar-refractivity contribution in [2.24, 2.45) is 0 Å². The fourth-order valence-corrected chi connectivity index (χ4v) is 4.28. The Morgan fingerprint density at radius 1 is 1.18 bits per heavy atom. The number of hydrogen-bond donors (Lipinski definition) is 2. The number of ether oxygens (including phenoxy) is 1. The molecule has 0 aromatic heterocycles. The predicted molar refractivity (Wildman–Crippen MR) is 121 cm³/mol. The van der Waals surface area contributed by atoms with Gasteiger partial charge in [0.2, 0.25) is 0 Å². The van der Waals surface area contributed by atoms with Gasteiger partial charge in [0, 0.05) is 31.4 Å². The van der Waals surface area contributed by atoms with E-state index in [1.54, 1.807) is 0 Å². The molecule has 1 aliphatic heterocycles. The van der Waals surface area contributed by atoms with Gasteiger partial charge in [0.15, 0.2) is 0 Å². The maximum Gasteiger partial charge on any atom is 0.417 e. The van der Waals surface area contributed by atoms with Gasteiger partial charge in [-0.2, -0.15) is 13.2 Å². The van der Waals surface area contributed by atoms with E-state index in [1.807, 2.05) is 23.1 Å². The van der Waals surface area contributed by atoms with E-state index in [-0.39, 0.29) is 12.1 Å². The van der Waals surface area contributed by atoms with Gasteiger partial charge in [-0.1, -0.05) is 42.5 Å². The molecule has 5 nitrogen and oxygen atoms in total. The quantitative estimate of drug-likeness (QED) is 0.537. The van der Waals surface area contributed by atoms with Crippen molar-refractivity contribution in [3.05, 3.63) is 77.4 Å². The molecule has 3 aromatic carbocycles. The van der Waals surface area contributed by atoms with Gasteiger partial charge in [0.05, 0.1) is 23.8 Å². The number of morpholine rings is 1. The van der Waals surface area contributed by atoms with Crippen molar-refractivity contribution in [2.45, 2.75) is 25.2 Å². The third-order valence-electron chi connectivity index (χ3n) is 5.98. The van der Waals surface area contributed by atoms with Gasteiger partial charge < -0.3 is 20.1 Å². The molecule has 8 heteroatoms. The van der Waals surface area contributed by atoms with Gasteiger partial charge in [0.25, 0.3) is 0 Å². The lowest BCUT2D eigenvalue weighted by molar-refractivity contribution is -0.138. The first-order valence-electron chi connectivity index (χ1n) is 10.8. The molecule has 2 atom stereocenters. The lowest BCUT2D eigenvalue weighted by Gasteiger charge is -2.35. The highest BCUT2D eigenvalue weighted by atomic mass is 19.4. The molecule has 4 rings (SSSR count). The zero-order valence-electron chi connectivity index (χ0n) is 18.1. The number of benzene rings is 3. The molecule has 0 radical (unpaired) electrons. The monoisotopic (exact) mass is 458 g/mol. The Labute approximate surface area is 189 Å². The summed E-state index contributed by atoms with van der Waals surface area (Å²) in [5.41, 5.74) is -0.273. The van der Waals surface area contributed by atoms with E-state index in [2.05, 4.69) is 36.5 Å². The van der Waals surface area contributed by atoms with Crippen LogP contribution in [-0.4, -0.2) is 43.4 Å². The molecule has 1 unspecified atom stereocenters. The van der Waals surface area contributed by atoms with Crippen LogP contribution in [0.4, 0.5) is 18.9 Å². The Balaban J connectivity index is 1.45. The first-order chi connectivity index (χ1) is 15.7. The summed E-state index contributed by atoms with van der Waals surface area (Å²) < 4.78 is 45.3. The molecule has 2 N–H and O–H groups in total. The highest BCUT2D eigenvalue weighted by Gasteiger charge is 2.36. The van der Waals surface area contributed by atoms with Crippen molar-refractivity contribution < 1.29 is 27.8 Å². The van der Waals surface area contributed by atoms with E-state index in [1.165, 1.54) is 22.4 Å². The van der Waals surface area contributed by atoms with E-state index in [0.717, 1.165) is 12.1 Å². The summed E-state index contributed by atoms with van der Waals surface area (Å²) in [6, 6.07) is 17.7. The van der Waals surface area contributed by atoms with Crippen molar-refractivity contribution in [1.29, 1.82) is 0 Å². The number of carboxylic acid groups (broad SMARTS) is 1. The van der Waals surface area contributed by atoms with Crippen LogP contribution in [0.15, 0.2) is 60.7 Å². The number of rotatable bonds is 6. The minimum atomic E-state index is -4.72. The van der Waals surface area contributed by atoms with E-state index in [4.69, 9.17) is 4.74 Å². The van der Waals surface area contributed by atoms with Crippen LogP contribution < -0.4 is 10.2 Å². The maximum atomic E-state index is 13.2. The molecule has 0 bridgehead atoms. The third-order valence-corrected chi connectivity index (χ3v) is 5.98. The smallest absolute Gasteiger partial charge is 0.417 e. The summed E-state index contributed by atoms with van der Waals surface area (Å²) in [6.07, 6.45) is -4.91. The highest BCUT2D eigenvalue weighted by Crippen LogP contribution is 2.34. The van der Waals surface area contributed by atoms with Crippen molar-refractivity contribution >= 4 is 22.4 Å². The van der Waals surface area contributed by atoms with Gasteiger partial charge in [-0.25, -0.2) is 4.79 Å². The average molecular weight is 458 g/mol. The Kier molecular flexibility index (Phi) is 6.58. The van der Waals surface area contributed by atoms with E-state index < -0.39 is 23.3 Å². The van der Waals surface area contributed by atoms with Crippen LogP contribution in [0.1, 0.15) is 34.5 Å². The zero-order valence-corrected chi connectivity index (χ0v) is 18.1. The lowest BCUT2D eigenvalue weighted by Crippen LogP contribution is -2.47. The van der Waals surface area contributed by atoms with Crippen LogP contribution in [-0.2, 0) is 10.9 Å². The summed E-state index contributed by atoms with van der Waals surface area (Å²) in [4.78, 5) is 13.3. The van der Waals surface area contributed by atoms with Gasteiger partial charge in [-0.05, 0) is 41.5 Å². The molecule has 0 amide bonds. The minimum Gasteiger partial charge on any atom is -0.478 e. The SMILES string of the molecule is C[C@@H](NCC1CN(c2ccc(C(F)(F)F)c(C(=O)O)c2)CCO1)c1cccc2ccccc12. The Bertz CT molecular complexity index is 1140. The number of alkyl halides is 3. The van der Waals surface area contributed by atoms with Crippen LogP contribution in [0, 0.1) is 0 Å². The van der Waals surface area contributed by atoms with E-state index in [0.29, 0.717) is 31.9 Å². The number of nitrogens with one attached hydrogen (secondary N) is 1. The average Bonchev–Trinajstić information content (AvgIpc) is 2.81. The number of fused-ring (bicyclic) bond motifs is 1. The lowest BCUT2D eigenvalue weighted by atomic mass is 9.99. The Morgan fingerprint density at radius 2 is 1.94 bits per heavy atom. The first-order valence-corrected chi connectivity index (χ1v) is 10.8. The van der Waals surface area contributed by atoms with Gasteiger partial charge in [-0.15, -0.1) is 0 Å². The molecule has 1 fully saturated rings. The van der Waals surface area contributed by atoms with E-state index in [9.17, 15) is 23.1 Å². The van der Waals surface area contributed by atoms with Crippen molar-refractivity contribution in [3.63, 3.8) is 0 Å². The van der Waals surface area contributed by atoms with Crippen LogP contribution in [0.5, 0.6) is 0 Å². The summed E-state index contributed by atoms with van der Waals surface area (Å²) >= 11 is 0. The van der Waals surface area contributed by atoms with Crippen LogP contribution >= 0.6 is 0 Å². The minimum absolute atomic E-state index is 0.0692. The van der Waals surface area contributed by atoms with Gasteiger partial charge in [0.1, 0.15) is 0 Å². The predicted octanol–water partition coefficient (Wildman–Crippen LogP) is 5.11. The topological polar surface area (TPSA) is 61.8 Å². The highest BCUT2D eigenvalue weighted by molar-refractivity contribution is 5.91. The van der Waals surface area contributed by atoms with Gasteiger partial charge >= 0.3 is 12.1 Å². The number of carboxylic acids is 1. The van der Waals surface area contributed by atoms with Gasteiger partial charge in [-0.3, -0.25) is 0 Å². The van der Waals surface area contributed by atoms with Crippen LogP contribution in [0.25, 0.3) is 10.8 Å².